The number of rotatable bonds is 7. The van der Waals surface area contributed by atoms with E-state index in [1.54, 1.807) is 6.92 Å². The molecule has 1 aromatic rings. The minimum atomic E-state index is -0.799. The van der Waals surface area contributed by atoms with Gasteiger partial charge < -0.3 is 15.7 Å². The van der Waals surface area contributed by atoms with E-state index in [-0.39, 0.29) is 11.9 Å². The molecule has 0 bridgehead atoms. The minimum absolute atomic E-state index is 0.248. The Kier molecular flexibility index (Phi) is 6.72. The van der Waals surface area contributed by atoms with Crippen molar-refractivity contribution < 1.29 is 14.7 Å². The van der Waals surface area contributed by atoms with Crippen LogP contribution >= 0.6 is 0 Å². The third kappa shape index (κ3) is 5.45. The Morgan fingerprint density at radius 3 is 2.67 bits per heavy atom. The molecule has 21 heavy (non-hydrogen) atoms. The number of para-hydroxylation sites is 1. The standard InChI is InChI=1S/C16H24N2O3/c1-4-13-9-5-7-11(2)14(13)18-16(21)17-10-6-8-12(3)15(19)20/h5,7,9,12H,4,6,8,10H2,1-3H3,(H,19,20)(H2,17,18,21). The van der Waals surface area contributed by atoms with Crippen molar-refractivity contribution in [3.63, 3.8) is 0 Å². The van der Waals surface area contributed by atoms with Gasteiger partial charge in [0, 0.05) is 12.2 Å². The van der Waals surface area contributed by atoms with Crippen LogP contribution in [0.25, 0.3) is 0 Å². The molecule has 0 saturated heterocycles. The van der Waals surface area contributed by atoms with Crippen LogP contribution in [-0.4, -0.2) is 23.7 Å². The van der Waals surface area contributed by atoms with E-state index < -0.39 is 5.97 Å². The number of carboxylic acids is 1. The highest BCUT2D eigenvalue weighted by Crippen LogP contribution is 2.20. The molecular weight excluding hydrogens is 268 g/mol. The molecule has 3 N–H and O–H groups in total. The number of carboxylic acid groups (broad SMARTS) is 1. The van der Waals surface area contributed by atoms with Gasteiger partial charge in [-0.15, -0.1) is 0 Å². The number of urea groups is 1. The quantitative estimate of drug-likeness (QED) is 0.675. The molecule has 0 heterocycles. The molecule has 1 aromatic carbocycles. The second-order valence-electron chi connectivity index (χ2n) is 5.23. The first-order chi connectivity index (χ1) is 9.95. The number of aryl methyl sites for hydroxylation is 2. The number of anilines is 1. The van der Waals surface area contributed by atoms with E-state index in [0.29, 0.717) is 19.4 Å². The maximum atomic E-state index is 11.9. The number of hydrogen-bond acceptors (Lipinski definition) is 2. The van der Waals surface area contributed by atoms with Crippen LogP contribution in [0.3, 0.4) is 0 Å². The molecule has 0 saturated carbocycles. The molecule has 0 aliphatic heterocycles. The van der Waals surface area contributed by atoms with Crippen molar-refractivity contribution in [3.8, 4) is 0 Å². The summed E-state index contributed by atoms with van der Waals surface area (Å²) in [6, 6.07) is 5.69. The number of nitrogens with one attached hydrogen (secondary N) is 2. The summed E-state index contributed by atoms with van der Waals surface area (Å²) < 4.78 is 0. The zero-order valence-corrected chi connectivity index (χ0v) is 12.9. The lowest BCUT2D eigenvalue weighted by Gasteiger charge is -2.14. The molecule has 1 unspecified atom stereocenters. The van der Waals surface area contributed by atoms with Crippen LogP contribution in [0.1, 0.15) is 37.8 Å². The first-order valence-corrected chi connectivity index (χ1v) is 7.31. The number of carbonyl (C=O) groups excluding carboxylic acids is 1. The second-order valence-corrected chi connectivity index (χ2v) is 5.23. The van der Waals surface area contributed by atoms with E-state index in [9.17, 15) is 9.59 Å². The average molecular weight is 292 g/mol. The fraction of sp³-hybridized carbons (Fsp3) is 0.500. The molecule has 1 atom stereocenters. The third-order valence-corrected chi connectivity index (χ3v) is 3.50. The Hall–Kier alpha value is -2.04. The van der Waals surface area contributed by atoms with Crippen LogP contribution in [0, 0.1) is 12.8 Å². The van der Waals surface area contributed by atoms with Crippen LogP contribution in [0.15, 0.2) is 18.2 Å². The number of amides is 2. The first-order valence-electron chi connectivity index (χ1n) is 7.31. The SMILES string of the molecule is CCc1cccc(C)c1NC(=O)NCCCC(C)C(=O)O. The van der Waals surface area contributed by atoms with Gasteiger partial charge in [0.2, 0.25) is 0 Å². The van der Waals surface area contributed by atoms with Crippen LogP contribution in [-0.2, 0) is 11.2 Å². The van der Waals surface area contributed by atoms with Gasteiger partial charge in [-0.2, -0.15) is 0 Å². The van der Waals surface area contributed by atoms with Gasteiger partial charge in [-0.05, 0) is 37.3 Å². The molecule has 5 heteroatoms. The molecule has 0 aliphatic carbocycles. The summed E-state index contributed by atoms with van der Waals surface area (Å²) in [5.74, 6) is -1.18. The largest absolute Gasteiger partial charge is 0.481 e. The summed E-state index contributed by atoms with van der Waals surface area (Å²) in [4.78, 5) is 22.5. The van der Waals surface area contributed by atoms with Crippen LogP contribution in [0.2, 0.25) is 0 Å². The van der Waals surface area contributed by atoms with Crippen molar-refractivity contribution in [2.24, 2.45) is 5.92 Å². The van der Waals surface area contributed by atoms with Gasteiger partial charge >= 0.3 is 12.0 Å². The molecule has 0 radical (unpaired) electrons. The smallest absolute Gasteiger partial charge is 0.319 e. The lowest BCUT2D eigenvalue weighted by Crippen LogP contribution is -2.30. The predicted octanol–water partition coefficient (Wildman–Crippen LogP) is 3.18. The summed E-state index contributed by atoms with van der Waals surface area (Å²) >= 11 is 0. The van der Waals surface area contributed by atoms with Crippen LogP contribution in [0.5, 0.6) is 0 Å². The van der Waals surface area contributed by atoms with E-state index >= 15 is 0 Å². The molecular formula is C16H24N2O3. The summed E-state index contributed by atoms with van der Waals surface area (Å²) in [7, 11) is 0. The first kappa shape index (κ1) is 17.0. The summed E-state index contributed by atoms with van der Waals surface area (Å²) in [6.45, 7) is 6.15. The summed E-state index contributed by atoms with van der Waals surface area (Å²) in [5, 5.41) is 14.4. The molecule has 5 nitrogen and oxygen atoms in total. The maximum Gasteiger partial charge on any atom is 0.319 e. The van der Waals surface area contributed by atoms with Crippen molar-refractivity contribution in [1.82, 2.24) is 5.32 Å². The number of carbonyl (C=O) groups is 2. The number of hydrogen-bond donors (Lipinski definition) is 3. The topological polar surface area (TPSA) is 78.4 Å². The fourth-order valence-electron chi connectivity index (χ4n) is 2.09. The molecule has 2 amide bonds. The van der Waals surface area contributed by atoms with Crippen LogP contribution < -0.4 is 10.6 Å². The van der Waals surface area contributed by atoms with E-state index in [1.807, 2.05) is 32.0 Å². The number of benzene rings is 1. The van der Waals surface area contributed by atoms with Crippen molar-refractivity contribution in [1.29, 1.82) is 0 Å². The van der Waals surface area contributed by atoms with E-state index in [0.717, 1.165) is 23.2 Å². The van der Waals surface area contributed by atoms with Gasteiger partial charge in [0.05, 0.1) is 5.92 Å². The van der Waals surface area contributed by atoms with Crippen molar-refractivity contribution in [3.05, 3.63) is 29.3 Å². The van der Waals surface area contributed by atoms with Gasteiger partial charge in [-0.1, -0.05) is 32.0 Å². The Bertz CT molecular complexity index is 500. The predicted molar refractivity (Wildman–Crippen MR) is 83.6 cm³/mol. The average Bonchev–Trinajstić information content (AvgIpc) is 2.45. The van der Waals surface area contributed by atoms with E-state index in [1.165, 1.54) is 0 Å². The van der Waals surface area contributed by atoms with Crippen molar-refractivity contribution in [2.45, 2.75) is 40.0 Å². The molecule has 0 aromatic heterocycles. The fourth-order valence-corrected chi connectivity index (χ4v) is 2.09. The molecule has 116 valence electrons. The summed E-state index contributed by atoms with van der Waals surface area (Å²) in [6.07, 6.45) is 2.06. The Morgan fingerprint density at radius 2 is 2.05 bits per heavy atom. The third-order valence-electron chi connectivity index (χ3n) is 3.50. The minimum Gasteiger partial charge on any atom is -0.481 e. The van der Waals surface area contributed by atoms with Gasteiger partial charge in [0.25, 0.3) is 0 Å². The zero-order chi connectivity index (χ0) is 15.8. The highest BCUT2D eigenvalue weighted by molar-refractivity contribution is 5.91. The van der Waals surface area contributed by atoms with Gasteiger partial charge in [-0.3, -0.25) is 4.79 Å². The lowest BCUT2D eigenvalue weighted by atomic mass is 10.1. The molecule has 1 rings (SSSR count). The molecule has 0 aliphatic rings. The Balaban J connectivity index is 2.43. The zero-order valence-electron chi connectivity index (χ0n) is 12.9. The summed E-state index contributed by atoms with van der Waals surface area (Å²) in [5.41, 5.74) is 2.99. The van der Waals surface area contributed by atoms with Gasteiger partial charge in [0.15, 0.2) is 0 Å². The monoisotopic (exact) mass is 292 g/mol. The van der Waals surface area contributed by atoms with Crippen molar-refractivity contribution >= 4 is 17.7 Å². The highest BCUT2D eigenvalue weighted by atomic mass is 16.4. The lowest BCUT2D eigenvalue weighted by molar-refractivity contribution is -0.141. The van der Waals surface area contributed by atoms with Crippen molar-refractivity contribution in [2.75, 3.05) is 11.9 Å². The van der Waals surface area contributed by atoms with Gasteiger partial charge in [-0.25, -0.2) is 4.79 Å². The van der Waals surface area contributed by atoms with Crippen LogP contribution in [0.4, 0.5) is 10.5 Å². The normalized spacial score (nSPS) is 11.8. The Labute approximate surface area is 125 Å². The Morgan fingerprint density at radius 1 is 1.33 bits per heavy atom. The van der Waals surface area contributed by atoms with Gasteiger partial charge in [0.1, 0.15) is 0 Å². The molecule has 0 fully saturated rings. The highest BCUT2D eigenvalue weighted by Gasteiger charge is 2.11. The second kappa shape index (κ2) is 8.29. The maximum absolute atomic E-state index is 11.9. The van der Waals surface area contributed by atoms with E-state index in [2.05, 4.69) is 10.6 Å². The van der Waals surface area contributed by atoms with E-state index in [4.69, 9.17) is 5.11 Å². The number of aliphatic carboxylic acids is 1. The molecule has 0 spiro atoms.